The largest absolute Gasteiger partial charge is 0.314 e. The van der Waals surface area contributed by atoms with E-state index in [4.69, 9.17) is 6.42 Å². The molecule has 0 saturated heterocycles. The van der Waals surface area contributed by atoms with Crippen molar-refractivity contribution in [3.05, 3.63) is 0 Å². The van der Waals surface area contributed by atoms with Crippen molar-refractivity contribution in [2.45, 2.75) is 51.5 Å². The van der Waals surface area contributed by atoms with Gasteiger partial charge >= 0.3 is 0 Å². The van der Waals surface area contributed by atoms with Crippen molar-refractivity contribution in [1.82, 2.24) is 5.32 Å². The van der Waals surface area contributed by atoms with E-state index in [2.05, 4.69) is 18.2 Å². The maximum Gasteiger partial charge on any atom is 0.00955 e. The third-order valence-corrected chi connectivity index (χ3v) is 3.03. The molecule has 0 aromatic rings. The Morgan fingerprint density at radius 1 is 1.38 bits per heavy atom. The summed E-state index contributed by atoms with van der Waals surface area (Å²) in [5.41, 5.74) is 0. The van der Waals surface area contributed by atoms with Gasteiger partial charge in [-0.2, -0.15) is 0 Å². The van der Waals surface area contributed by atoms with Gasteiger partial charge in [-0.25, -0.2) is 0 Å². The molecule has 2 atom stereocenters. The van der Waals surface area contributed by atoms with Crippen molar-refractivity contribution in [3.63, 3.8) is 0 Å². The maximum absolute atomic E-state index is 5.29. The first-order valence-electron chi connectivity index (χ1n) is 5.55. The van der Waals surface area contributed by atoms with Gasteiger partial charge in [0.25, 0.3) is 0 Å². The third-order valence-electron chi connectivity index (χ3n) is 3.03. The van der Waals surface area contributed by atoms with Crippen molar-refractivity contribution in [2.24, 2.45) is 5.92 Å². The number of hydrogen-bond donors (Lipinski definition) is 1. The molecule has 0 radical (unpaired) electrons. The van der Waals surface area contributed by atoms with Crippen LogP contribution in [0.15, 0.2) is 0 Å². The van der Waals surface area contributed by atoms with Crippen LogP contribution in [0.5, 0.6) is 0 Å². The van der Waals surface area contributed by atoms with Crippen molar-refractivity contribution < 1.29 is 0 Å². The molecule has 0 spiro atoms. The second-order valence-corrected chi connectivity index (χ2v) is 3.95. The molecule has 0 bridgehead atoms. The molecule has 2 unspecified atom stereocenters. The zero-order valence-electron chi connectivity index (χ0n) is 8.68. The summed E-state index contributed by atoms with van der Waals surface area (Å²) in [6.45, 7) is 3.28. The Balaban J connectivity index is 2.33. The van der Waals surface area contributed by atoms with Gasteiger partial charge < -0.3 is 5.32 Å². The van der Waals surface area contributed by atoms with Crippen LogP contribution in [-0.4, -0.2) is 12.6 Å². The van der Waals surface area contributed by atoms with Crippen molar-refractivity contribution >= 4 is 0 Å². The van der Waals surface area contributed by atoms with Crippen LogP contribution in [0.2, 0.25) is 0 Å². The molecular weight excluding hydrogens is 158 g/mol. The first-order chi connectivity index (χ1) is 6.38. The van der Waals surface area contributed by atoms with E-state index in [-0.39, 0.29) is 0 Å². The standard InChI is InChI=1S/C12H21N/c1-3-5-8-11-9-6-7-10-12(11)13-4-2/h1,11-13H,4-10H2,2H3. The molecule has 0 aromatic heterocycles. The lowest BCUT2D eigenvalue weighted by atomic mass is 9.82. The Morgan fingerprint density at radius 3 is 2.85 bits per heavy atom. The fraction of sp³-hybridized carbons (Fsp3) is 0.833. The van der Waals surface area contributed by atoms with Crippen LogP contribution in [0.25, 0.3) is 0 Å². The highest BCUT2D eigenvalue weighted by molar-refractivity contribution is 4.88. The average molecular weight is 179 g/mol. The van der Waals surface area contributed by atoms with Crippen molar-refractivity contribution in [3.8, 4) is 12.3 Å². The highest BCUT2D eigenvalue weighted by Crippen LogP contribution is 2.27. The summed E-state index contributed by atoms with van der Waals surface area (Å²) in [6, 6.07) is 0.743. The van der Waals surface area contributed by atoms with Crippen molar-refractivity contribution in [1.29, 1.82) is 0 Å². The minimum absolute atomic E-state index is 0.743. The van der Waals surface area contributed by atoms with E-state index in [9.17, 15) is 0 Å². The smallest absolute Gasteiger partial charge is 0.00955 e. The van der Waals surface area contributed by atoms with Gasteiger partial charge in [0.15, 0.2) is 0 Å². The zero-order chi connectivity index (χ0) is 9.52. The molecule has 74 valence electrons. The van der Waals surface area contributed by atoms with Crippen LogP contribution in [-0.2, 0) is 0 Å². The Labute approximate surface area is 82.3 Å². The Hall–Kier alpha value is -0.480. The summed E-state index contributed by atoms with van der Waals surface area (Å²) in [7, 11) is 0. The molecule has 1 aliphatic carbocycles. The number of terminal acetylenes is 1. The molecule has 0 amide bonds. The van der Waals surface area contributed by atoms with Gasteiger partial charge in [0.1, 0.15) is 0 Å². The van der Waals surface area contributed by atoms with Gasteiger partial charge in [-0.05, 0) is 31.7 Å². The third kappa shape index (κ3) is 3.40. The minimum Gasteiger partial charge on any atom is -0.314 e. The second-order valence-electron chi connectivity index (χ2n) is 3.95. The average Bonchev–Trinajstić information content (AvgIpc) is 2.17. The topological polar surface area (TPSA) is 12.0 Å². The van der Waals surface area contributed by atoms with Gasteiger partial charge in [-0.3, -0.25) is 0 Å². The monoisotopic (exact) mass is 179 g/mol. The fourth-order valence-corrected chi connectivity index (χ4v) is 2.35. The lowest BCUT2D eigenvalue weighted by molar-refractivity contribution is 0.254. The molecule has 1 aliphatic rings. The molecule has 1 fully saturated rings. The lowest BCUT2D eigenvalue weighted by Crippen LogP contribution is -2.38. The predicted molar refractivity (Wildman–Crippen MR) is 57.5 cm³/mol. The van der Waals surface area contributed by atoms with E-state index >= 15 is 0 Å². The molecular formula is C12H21N. The van der Waals surface area contributed by atoms with Crippen LogP contribution in [0.4, 0.5) is 0 Å². The van der Waals surface area contributed by atoms with E-state index in [1.165, 1.54) is 32.1 Å². The highest BCUT2D eigenvalue weighted by Gasteiger charge is 2.23. The molecule has 1 saturated carbocycles. The molecule has 1 rings (SSSR count). The van der Waals surface area contributed by atoms with Gasteiger partial charge in [-0.1, -0.05) is 19.8 Å². The minimum atomic E-state index is 0.743. The predicted octanol–water partition coefficient (Wildman–Crippen LogP) is 2.57. The van der Waals surface area contributed by atoms with E-state index < -0.39 is 0 Å². The van der Waals surface area contributed by atoms with Crippen LogP contribution >= 0.6 is 0 Å². The molecule has 13 heavy (non-hydrogen) atoms. The lowest BCUT2D eigenvalue weighted by Gasteiger charge is -2.31. The summed E-state index contributed by atoms with van der Waals surface area (Å²) in [5, 5.41) is 3.57. The molecule has 0 aromatic carbocycles. The number of rotatable bonds is 4. The van der Waals surface area contributed by atoms with E-state index in [0.717, 1.165) is 24.9 Å². The van der Waals surface area contributed by atoms with E-state index in [1.807, 2.05) is 0 Å². The van der Waals surface area contributed by atoms with E-state index in [1.54, 1.807) is 0 Å². The highest BCUT2D eigenvalue weighted by atomic mass is 14.9. The SMILES string of the molecule is C#CCCC1CCCCC1NCC. The second kappa shape index (κ2) is 6.05. The molecule has 0 aliphatic heterocycles. The first kappa shape index (κ1) is 10.6. The molecule has 1 N–H and O–H groups in total. The Bertz CT molecular complexity index is 166. The Kier molecular flexibility index (Phi) is 4.93. The summed E-state index contributed by atoms with van der Waals surface area (Å²) in [6.07, 6.45) is 13.0. The summed E-state index contributed by atoms with van der Waals surface area (Å²) in [5.74, 6) is 3.59. The van der Waals surface area contributed by atoms with Gasteiger partial charge in [0.2, 0.25) is 0 Å². The van der Waals surface area contributed by atoms with Crippen LogP contribution in [0.3, 0.4) is 0 Å². The number of nitrogens with one attached hydrogen (secondary N) is 1. The van der Waals surface area contributed by atoms with Crippen molar-refractivity contribution in [2.75, 3.05) is 6.54 Å². The zero-order valence-corrected chi connectivity index (χ0v) is 8.68. The summed E-state index contributed by atoms with van der Waals surface area (Å²) >= 11 is 0. The van der Waals surface area contributed by atoms with Crippen LogP contribution in [0, 0.1) is 18.3 Å². The Morgan fingerprint density at radius 2 is 2.15 bits per heavy atom. The quantitative estimate of drug-likeness (QED) is 0.654. The fourth-order valence-electron chi connectivity index (χ4n) is 2.35. The molecule has 1 nitrogen and oxygen atoms in total. The maximum atomic E-state index is 5.29. The number of hydrogen-bond acceptors (Lipinski definition) is 1. The van der Waals surface area contributed by atoms with Gasteiger partial charge in [-0.15, -0.1) is 12.3 Å². The first-order valence-corrected chi connectivity index (χ1v) is 5.55. The summed E-state index contributed by atoms with van der Waals surface area (Å²) in [4.78, 5) is 0. The summed E-state index contributed by atoms with van der Waals surface area (Å²) < 4.78 is 0. The molecule has 0 heterocycles. The normalized spacial score (nSPS) is 28.3. The molecule has 1 heteroatoms. The van der Waals surface area contributed by atoms with Gasteiger partial charge in [0.05, 0.1) is 0 Å². The van der Waals surface area contributed by atoms with Crippen LogP contribution < -0.4 is 5.32 Å². The van der Waals surface area contributed by atoms with Gasteiger partial charge in [0, 0.05) is 12.5 Å². The van der Waals surface area contributed by atoms with E-state index in [0.29, 0.717) is 0 Å². The van der Waals surface area contributed by atoms with Crippen LogP contribution in [0.1, 0.15) is 45.4 Å².